The lowest BCUT2D eigenvalue weighted by molar-refractivity contribution is -0.385. The van der Waals surface area contributed by atoms with E-state index in [0.717, 1.165) is 0 Å². The summed E-state index contributed by atoms with van der Waals surface area (Å²) in [6.45, 7) is 0. The number of aliphatic imine (C=N–C) groups is 1. The summed E-state index contributed by atoms with van der Waals surface area (Å²) >= 11 is 7.32. The van der Waals surface area contributed by atoms with Crippen LogP contribution in [0.1, 0.15) is 0 Å². The molecule has 3 rings (SSSR count). The van der Waals surface area contributed by atoms with Gasteiger partial charge in [-0.25, -0.2) is 4.99 Å². The second-order valence-corrected chi connectivity index (χ2v) is 5.78. The van der Waals surface area contributed by atoms with Gasteiger partial charge >= 0.3 is 0 Å². The number of hydrogen-bond acceptors (Lipinski definition) is 7. The molecule has 1 aliphatic rings. The van der Waals surface area contributed by atoms with Crippen molar-refractivity contribution in [2.75, 3.05) is 12.4 Å². The van der Waals surface area contributed by atoms with Gasteiger partial charge in [-0.05, 0) is 24.1 Å². The Morgan fingerprint density at radius 2 is 2.17 bits per heavy atom. The smallest absolute Gasteiger partial charge is 0.274 e. The number of nitro groups is 1. The molecule has 2 aromatic carbocycles. The summed E-state index contributed by atoms with van der Waals surface area (Å²) in [5, 5.41) is 14.6. The zero-order valence-electron chi connectivity index (χ0n) is 11.9. The number of nitro benzene ring substituents is 1. The van der Waals surface area contributed by atoms with Gasteiger partial charge < -0.3 is 10.1 Å². The molecule has 7 nitrogen and oxygen atoms in total. The number of ether oxygens (including phenoxy) is 1. The fraction of sp³-hybridized carbons (Fsp3) is 0.0714. The molecule has 0 aromatic heterocycles. The Morgan fingerprint density at radius 3 is 2.87 bits per heavy atom. The van der Waals surface area contributed by atoms with Crippen molar-refractivity contribution < 1.29 is 9.66 Å². The van der Waals surface area contributed by atoms with Gasteiger partial charge in [0.2, 0.25) is 5.96 Å². The number of para-hydroxylation sites is 1. The Morgan fingerprint density at radius 1 is 1.39 bits per heavy atom. The van der Waals surface area contributed by atoms with Crippen LogP contribution in [-0.2, 0) is 0 Å². The molecule has 2 N–H and O–H groups in total. The first-order valence-electron chi connectivity index (χ1n) is 6.48. The van der Waals surface area contributed by atoms with Crippen LogP contribution in [0.5, 0.6) is 5.75 Å². The summed E-state index contributed by atoms with van der Waals surface area (Å²) < 4.78 is 8.21. The molecule has 1 aliphatic heterocycles. The third kappa shape index (κ3) is 3.17. The molecule has 0 saturated heterocycles. The van der Waals surface area contributed by atoms with Crippen LogP contribution < -0.4 is 14.8 Å². The second kappa shape index (κ2) is 6.35. The maximum Gasteiger partial charge on any atom is 0.274 e. The standard InChI is InChI=1S/C14H11ClN4O3S/c1-22-11-6-8(19(20)21)7-12-13(11)17-14(18-23-12)16-10-5-3-2-4-9(10)15/h2-7H,1H3,(H2,16,17,18). The van der Waals surface area contributed by atoms with E-state index in [1.165, 1.54) is 31.2 Å². The second-order valence-electron chi connectivity index (χ2n) is 4.52. The Balaban J connectivity index is 1.97. The van der Waals surface area contributed by atoms with Gasteiger partial charge in [-0.15, -0.1) is 0 Å². The third-order valence-corrected chi connectivity index (χ3v) is 4.22. The van der Waals surface area contributed by atoms with Crippen molar-refractivity contribution >= 4 is 46.6 Å². The maximum atomic E-state index is 11.0. The predicted octanol–water partition coefficient (Wildman–Crippen LogP) is 3.97. The number of benzene rings is 2. The van der Waals surface area contributed by atoms with Crippen molar-refractivity contribution in [2.45, 2.75) is 4.90 Å². The van der Waals surface area contributed by atoms with Gasteiger partial charge in [-0.2, -0.15) is 0 Å². The van der Waals surface area contributed by atoms with Crippen molar-refractivity contribution in [1.29, 1.82) is 0 Å². The van der Waals surface area contributed by atoms with E-state index >= 15 is 0 Å². The van der Waals surface area contributed by atoms with Crippen LogP contribution in [0.4, 0.5) is 17.1 Å². The molecule has 118 valence electrons. The lowest BCUT2D eigenvalue weighted by Crippen LogP contribution is -2.27. The van der Waals surface area contributed by atoms with E-state index in [-0.39, 0.29) is 5.69 Å². The highest BCUT2D eigenvalue weighted by molar-refractivity contribution is 7.98. The number of hydrogen-bond donors (Lipinski definition) is 2. The molecule has 9 heteroatoms. The molecule has 0 spiro atoms. The van der Waals surface area contributed by atoms with Crippen LogP contribution in [-0.4, -0.2) is 18.0 Å². The van der Waals surface area contributed by atoms with E-state index in [0.29, 0.717) is 33.0 Å². The minimum atomic E-state index is -0.468. The van der Waals surface area contributed by atoms with Gasteiger partial charge in [0.15, 0.2) is 5.75 Å². The van der Waals surface area contributed by atoms with Gasteiger partial charge in [0, 0.05) is 6.07 Å². The fourth-order valence-electron chi connectivity index (χ4n) is 2.00. The van der Waals surface area contributed by atoms with E-state index in [9.17, 15) is 10.1 Å². The minimum Gasteiger partial charge on any atom is -0.494 e. The fourth-order valence-corrected chi connectivity index (χ4v) is 2.91. The Bertz CT molecular complexity index is 813. The number of anilines is 1. The topological polar surface area (TPSA) is 88.8 Å². The van der Waals surface area contributed by atoms with Crippen molar-refractivity contribution in [3.05, 3.63) is 51.5 Å². The van der Waals surface area contributed by atoms with Gasteiger partial charge in [-0.1, -0.05) is 23.7 Å². The molecule has 0 aliphatic carbocycles. The zero-order valence-corrected chi connectivity index (χ0v) is 13.4. The van der Waals surface area contributed by atoms with E-state index in [1.54, 1.807) is 6.07 Å². The number of halogens is 1. The van der Waals surface area contributed by atoms with Crippen LogP contribution in [0.15, 0.2) is 46.3 Å². The number of fused-ring (bicyclic) bond motifs is 1. The molecule has 2 aromatic rings. The largest absolute Gasteiger partial charge is 0.494 e. The van der Waals surface area contributed by atoms with Crippen molar-refractivity contribution in [1.82, 2.24) is 4.72 Å². The lowest BCUT2D eigenvalue weighted by atomic mass is 10.2. The van der Waals surface area contributed by atoms with Crippen LogP contribution >= 0.6 is 23.5 Å². The van der Waals surface area contributed by atoms with E-state index in [4.69, 9.17) is 16.3 Å². The highest BCUT2D eigenvalue weighted by atomic mass is 35.5. The highest BCUT2D eigenvalue weighted by Crippen LogP contribution is 2.42. The van der Waals surface area contributed by atoms with E-state index in [2.05, 4.69) is 15.0 Å². The quantitative estimate of drug-likeness (QED) is 0.494. The Labute approximate surface area is 141 Å². The first-order chi connectivity index (χ1) is 11.1. The molecule has 0 fully saturated rings. The summed E-state index contributed by atoms with van der Waals surface area (Å²) in [5.74, 6) is 0.796. The maximum absolute atomic E-state index is 11.0. The molecular formula is C14H11ClN4O3S. The molecule has 0 amide bonds. The van der Waals surface area contributed by atoms with Gasteiger partial charge in [-0.3, -0.25) is 14.8 Å². The van der Waals surface area contributed by atoms with Crippen LogP contribution in [0, 0.1) is 10.1 Å². The summed E-state index contributed by atoms with van der Waals surface area (Å²) in [7, 11) is 1.45. The minimum absolute atomic E-state index is 0.0485. The number of nitrogens with zero attached hydrogens (tertiary/aromatic N) is 2. The van der Waals surface area contributed by atoms with Crippen LogP contribution in [0.3, 0.4) is 0 Å². The number of nitrogens with one attached hydrogen (secondary N) is 2. The van der Waals surface area contributed by atoms with Crippen molar-refractivity contribution in [2.24, 2.45) is 4.99 Å². The third-order valence-electron chi connectivity index (χ3n) is 3.06. The molecule has 0 bridgehead atoms. The molecule has 1 heterocycles. The van der Waals surface area contributed by atoms with E-state index < -0.39 is 4.92 Å². The molecular weight excluding hydrogens is 340 g/mol. The number of non-ortho nitro benzene ring substituents is 1. The first-order valence-corrected chi connectivity index (χ1v) is 7.67. The zero-order chi connectivity index (χ0) is 16.4. The average Bonchev–Trinajstić information content (AvgIpc) is 2.55. The lowest BCUT2D eigenvalue weighted by Gasteiger charge is -2.19. The van der Waals surface area contributed by atoms with Crippen molar-refractivity contribution in [3.8, 4) is 5.75 Å². The Kier molecular flexibility index (Phi) is 4.26. The van der Waals surface area contributed by atoms with Gasteiger partial charge in [0.25, 0.3) is 5.69 Å². The average molecular weight is 351 g/mol. The first kappa shape index (κ1) is 15.4. The predicted molar refractivity (Wildman–Crippen MR) is 90.8 cm³/mol. The molecule has 0 atom stereocenters. The molecule has 0 saturated carbocycles. The monoisotopic (exact) mass is 350 g/mol. The van der Waals surface area contributed by atoms with Gasteiger partial charge in [0.05, 0.1) is 33.7 Å². The summed E-state index contributed by atoms with van der Waals surface area (Å²) in [6.07, 6.45) is 0. The van der Waals surface area contributed by atoms with Gasteiger partial charge in [0.1, 0.15) is 5.69 Å². The molecule has 0 radical (unpaired) electrons. The SMILES string of the molecule is COc1cc([N+](=O)[O-])cc2c1N=C(Nc1ccccc1Cl)NS2. The van der Waals surface area contributed by atoms with E-state index in [1.807, 2.05) is 18.2 Å². The number of rotatable bonds is 3. The molecule has 0 unspecified atom stereocenters. The normalized spacial score (nSPS) is 12.7. The Hall–Kier alpha value is -2.45. The summed E-state index contributed by atoms with van der Waals surface area (Å²) in [5.41, 5.74) is 1.18. The summed E-state index contributed by atoms with van der Waals surface area (Å²) in [4.78, 5) is 15.5. The van der Waals surface area contributed by atoms with Crippen molar-refractivity contribution in [3.63, 3.8) is 0 Å². The molecule has 23 heavy (non-hydrogen) atoms. The number of guanidine groups is 1. The number of methoxy groups -OCH3 is 1. The highest BCUT2D eigenvalue weighted by Gasteiger charge is 2.22. The van der Waals surface area contributed by atoms with Crippen LogP contribution in [0.25, 0.3) is 0 Å². The van der Waals surface area contributed by atoms with Crippen LogP contribution in [0.2, 0.25) is 5.02 Å². The summed E-state index contributed by atoms with van der Waals surface area (Å²) in [6, 6.07) is 10.1.